The Bertz CT molecular complexity index is 494. The average molecular weight is 231 g/mol. The Morgan fingerprint density at radius 1 is 1.41 bits per heavy atom. The van der Waals surface area contributed by atoms with Gasteiger partial charge in [0.2, 0.25) is 0 Å². The number of hydrogen-bond acceptors (Lipinski definition) is 3. The Morgan fingerprint density at radius 2 is 2.29 bits per heavy atom. The summed E-state index contributed by atoms with van der Waals surface area (Å²) in [5, 5.41) is 12.1. The molecule has 0 spiro atoms. The SMILES string of the molecule is O=C(O)c1cccc(CNCc2cnc[nH]2)c1. The van der Waals surface area contributed by atoms with Crippen molar-refractivity contribution in [3.05, 3.63) is 53.6 Å². The van der Waals surface area contributed by atoms with Gasteiger partial charge >= 0.3 is 5.97 Å². The van der Waals surface area contributed by atoms with Gasteiger partial charge in [-0.2, -0.15) is 0 Å². The van der Waals surface area contributed by atoms with Crippen molar-refractivity contribution in [1.82, 2.24) is 15.3 Å². The third-order valence-electron chi connectivity index (χ3n) is 2.37. The van der Waals surface area contributed by atoms with Gasteiger partial charge in [-0.1, -0.05) is 12.1 Å². The largest absolute Gasteiger partial charge is 0.478 e. The lowest BCUT2D eigenvalue weighted by molar-refractivity contribution is 0.0696. The van der Waals surface area contributed by atoms with Gasteiger partial charge in [-0.25, -0.2) is 9.78 Å². The zero-order valence-corrected chi connectivity index (χ0v) is 9.18. The minimum atomic E-state index is -0.902. The highest BCUT2D eigenvalue weighted by Crippen LogP contribution is 2.05. The van der Waals surface area contributed by atoms with Crippen LogP contribution in [0.25, 0.3) is 0 Å². The molecule has 0 atom stereocenters. The third-order valence-corrected chi connectivity index (χ3v) is 2.37. The van der Waals surface area contributed by atoms with E-state index in [0.29, 0.717) is 18.7 Å². The quantitative estimate of drug-likeness (QED) is 0.726. The molecule has 2 aromatic rings. The van der Waals surface area contributed by atoms with Crippen molar-refractivity contribution in [2.75, 3.05) is 0 Å². The van der Waals surface area contributed by atoms with Crippen LogP contribution in [0, 0.1) is 0 Å². The molecule has 5 heteroatoms. The number of aromatic amines is 1. The third kappa shape index (κ3) is 3.15. The maximum atomic E-state index is 10.8. The average Bonchev–Trinajstić information content (AvgIpc) is 2.82. The number of benzene rings is 1. The van der Waals surface area contributed by atoms with Crippen LogP contribution in [0.5, 0.6) is 0 Å². The second kappa shape index (κ2) is 5.27. The lowest BCUT2D eigenvalue weighted by atomic mass is 10.1. The molecule has 0 saturated carbocycles. The Hall–Kier alpha value is -2.14. The van der Waals surface area contributed by atoms with Crippen LogP contribution in [0.15, 0.2) is 36.8 Å². The van der Waals surface area contributed by atoms with Crippen LogP contribution < -0.4 is 5.32 Å². The number of carbonyl (C=O) groups is 1. The highest BCUT2D eigenvalue weighted by atomic mass is 16.4. The molecule has 0 aliphatic heterocycles. The Kier molecular flexibility index (Phi) is 3.52. The number of imidazole rings is 1. The Labute approximate surface area is 98.5 Å². The van der Waals surface area contributed by atoms with Crippen molar-refractivity contribution < 1.29 is 9.90 Å². The van der Waals surface area contributed by atoms with Gasteiger partial charge in [-0.15, -0.1) is 0 Å². The van der Waals surface area contributed by atoms with Crippen LogP contribution in [0.2, 0.25) is 0 Å². The van der Waals surface area contributed by atoms with E-state index < -0.39 is 5.97 Å². The number of hydrogen-bond donors (Lipinski definition) is 3. The summed E-state index contributed by atoms with van der Waals surface area (Å²) in [6.07, 6.45) is 3.38. The van der Waals surface area contributed by atoms with Crippen molar-refractivity contribution in [1.29, 1.82) is 0 Å². The van der Waals surface area contributed by atoms with Crippen LogP contribution in [0.3, 0.4) is 0 Å². The predicted molar refractivity (Wildman–Crippen MR) is 62.5 cm³/mol. The van der Waals surface area contributed by atoms with Crippen molar-refractivity contribution in [3.63, 3.8) is 0 Å². The normalized spacial score (nSPS) is 10.4. The van der Waals surface area contributed by atoms with Gasteiger partial charge in [-0.05, 0) is 17.7 Å². The molecule has 0 fully saturated rings. The minimum Gasteiger partial charge on any atom is -0.478 e. The van der Waals surface area contributed by atoms with E-state index in [4.69, 9.17) is 5.11 Å². The summed E-state index contributed by atoms with van der Waals surface area (Å²) in [5.41, 5.74) is 2.26. The van der Waals surface area contributed by atoms with Crippen LogP contribution in [0.1, 0.15) is 21.6 Å². The summed E-state index contributed by atoms with van der Waals surface area (Å²) in [6.45, 7) is 1.30. The predicted octanol–water partition coefficient (Wildman–Crippen LogP) is 1.40. The molecule has 17 heavy (non-hydrogen) atoms. The number of H-pyrrole nitrogens is 1. The summed E-state index contributed by atoms with van der Waals surface area (Å²) in [5.74, 6) is -0.902. The first-order valence-corrected chi connectivity index (χ1v) is 5.26. The molecule has 5 nitrogen and oxygen atoms in total. The molecule has 0 bridgehead atoms. The number of nitrogens with zero attached hydrogens (tertiary/aromatic N) is 1. The van der Waals surface area contributed by atoms with Crippen LogP contribution >= 0.6 is 0 Å². The number of rotatable bonds is 5. The van der Waals surface area contributed by atoms with Crippen molar-refractivity contribution in [3.8, 4) is 0 Å². The van der Waals surface area contributed by atoms with E-state index in [0.717, 1.165) is 11.3 Å². The van der Waals surface area contributed by atoms with Gasteiger partial charge < -0.3 is 15.4 Å². The van der Waals surface area contributed by atoms with E-state index in [1.807, 2.05) is 6.07 Å². The van der Waals surface area contributed by atoms with Crippen molar-refractivity contribution in [2.24, 2.45) is 0 Å². The van der Waals surface area contributed by atoms with Crippen LogP contribution in [0.4, 0.5) is 0 Å². The molecule has 0 unspecified atom stereocenters. The number of carboxylic acids is 1. The molecular weight excluding hydrogens is 218 g/mol. The number of carboxylic acid groups (broad SMARTS) is 1. The van der Waals surface area contributed by atoms with E-state index in [9.17, 15) is 4.79 Å². The van der Waals surface area contributed by atoms with Crippen LogP contribution in [-0.2, 0) is 13.1 Å². The van der Waals surface area contributed by atoms with Gasteiger partial charge in [0.05, 0.1) is 11.9 Å². The van der Waals surface area contributed by atoms with E-state index in [1.54, 1.807) is 30.7 Å². The Morgan fingerprint density at radius 3 is 3.00 bits per heavy atom. The molecule has 0 aliphatic carbocycles. The smallest absolute Gasteiger partial charge is 0.335 e. The van der Waals surface area contributed by atoms with E-state index >= 15 is 0 Å². The first-order valence-electron chi connectivity index (χ1n) is 5.26. The number of nitrogens with one attached hydrogen (secondary N) is 2. The van der Waals surface area contributed by atoms with Crippen molar-refractivity contribution in [2.45, 2.75) is 13.1 Å². The van der Waals surface area contributed by atoms with E-state index in [1.165, 1.54) is 0 Å². The topological polar surface area (TPSA) is 78.0 Å². The first-order chi connectivity index (χ1) is 8.25. The molecule has 0 amide bonds. The molecule has 2 rings (SSSR count). The summed E-state index contributed by atoms with van der Waals surface area (Å²) < 4.78 is 0. The first kappa shape index (κ1) is 11.3. The summed E-state index contributed by atoms with van der Waals surface area (Å²) in [4.78, 5) is 17.7. The molecule has 0 aliphatic rings. The van der Waals surface area contributed by atoms with Gasteiger partial charge in [0.15, 0.2) is 0 Å². The molecule has 3 N–H and O–H groups in total. The second-order valence-corrected chi connectivity index (χ2v) is 3.69. The number of aromatic nitrogens is 2. The molecule has 1 heterocycles. The zero-order chi connectivity index (χ0) is 12.1. The highest BCUT2D eigenvalue weighted by molar-refractivity contribution is 5.87. The lowest BCUT2D eigenvalue weighted by Crippen LogP contribution is -2.13. The van der Waals surface area contributed by atoms with E-state index in [-0.39, 0.29) is 0 Å². The van der Waals surface area contributed by atoms with Crippen molar-refractivity contribution >= 4 is 5.97 Å². The Balaban J connectivity index is 1.90. The fourth-order valence-electron chi connectivity index (χ4n) is 1.54. The van der Waals surface area contributed by atoms with Gasteiger partial charge in [0.1, 0.15) is 0 Å². The molecule has 1 aromatic heterocycles. The maximum absolute atomic E-state index is 10.8. The van der Waals surface area contributed by atoms with E-state index in [2.05, 4.69) is 15.3 Å². The molecular formula is C12H13N3O2. The summed E-state index contributed by atoms with van der Waals surface area (Å²) in [6, 6.07) is 6.89. The second-order valence-electron chi connectivity index (χ2n) is 3.69. The highest BCUT2D eigenvalue weighted by Gasteiger charge is 2.02. The minimum absolute atomic E-state index is 0.311. The number of aromatic carboxylic acids is 1. The lowest BCUT2D eigenvalue weighted by Gasteiger charge is -2.04. The maximum Gasteiger partial charge on any atom is 0.335 e. The van der Waals surface area contributed by atoms with Gasteiger partial charge in [0, 0.05) is 25.0 Å². The standard InChI is InChI=1S/C12H13N3O2/c16-12(17)10-3-1-2-9(4-10)5-13-6-11-7-14-8-15-11/h1-4,7-8,13H,5-6H2,(H,14,15)(H,16,17). The molecule has 0 saturated heterocycles. The fourth-order valence-corrected chi connectivity index (χ4v) is 1.54. The molecule has 0 radical (unpaired) electrons. The van der Waals surface area contributed by atoms with Gasteiger partial charge in [0.25, 0.3) is 0 Å². The molecule has 1 aromatic carbocycles. The zero-order valence-electron chi connectivity index (χ0n) is 9.18. The summed E-state index contributed by atoms with van der Waals surface area (Å²) in [7, 11) is 0. The summed E-state index contributed by atoms with van der Waals surface area (Å²) >= 11 is 0. The molecule has 88 valence electrons. The van der Waals surface area contributed by atoms with Crippen LogP contribution in [-0.4, -0.2) is 21.0 Å². The van der Waals surface area contributed by atoms with Gasteiger partial charge in [-0.3, -0.25) is 0 Å². The fraction of sp³-hybridized carbons (Fsp3) is 0.167. The monoisotopic (exact) mass is 231 g/mol.